The van der Waals surface area contributed by atoms with Crippen LogP contribution in [0.25, 0.3) is 0 Å². The SMILES string of the molecule is CCNC(=NCCC1CCN(C)CC1)NCC.I. The van der Waals surface area contributed by atoms with E-state index in [9.17, 15) is 0 Å². The Morgan fingerprint density at radius 3 is 2.22 bits per heavy atom. The van der Waals surface area contributed by atoms with Gasteiger partial charge in [-0.05, 0) is 59.2 Å². The highest BCUT2D eigenvalue weighted by Gasteiger charge is 2.15. The van der Waals surface area contributed by atoms with Crippen LogP contribution in [0.3, 0.4) is 0 Å². The van der Waals surface area contributed by atoms with Crippen molar-refractivity contribution in [3.63, 3.8) is 0 Å². The van der Waals surface area contributed by atoms with Crippen molar-refractivity contribution in [2.24, 2.45) is 10.9 Å². The van der Waals surface area contributed by atoms with Crippen LogP contribution in [0.1, 0.15) is 33.1 Å². The highest BCUT2D eigenvalue weighted by molar-refractivity contribution is 14.0. The van der Waals surface area contributed by atoms with Crippen molar-refractivity contribution in [3.05, 3.63) is 0 Å². The van der Waals surface area contributed by atoms with Crippen LogP contribution in [-0.4, -0.2) is 50.6 Å². The van der Waals surface area contributed by atoms with Crippen molar-refractivity contribution in [3.8, 4) is 0 Å². The van der Waals surface area contributed by atoms with E-state index in [4.69, 9.17) is 0 Å². The molecule has 18 heavy (non-hydrogen) atoms. The molecule has 4 nitrogen and oxygen atoms in total. The number of guanidine groups is 1. The van der Waals surface area contributed by atoms with Gasteiger partial charge in [0, 0.05) is 19.6 Å². The maximum Gasteiger partial charge on any atom is 0.191 e. The predicted molar refractivity (Wildman–Crippen MR) is 89.9 cm³/mol. The number of nitrogens with one attached hydrogen (secondary N) is 2. The van der Waals surface area contributed by atoms with E-state index < -0.39 is 0 Å². The van der Waals surface area contributed by atoms with E-state index in [1.807, 2.05) is 0 Å². The van der Waals surface area contributed by atoms with Gasteiger partial charge in [-0.1, -0.05) is 0 Å². The molecule has 0 aromatic heterocycles. The summed E-state index contributed by atoms with van der Waals surface area (Å²) < 4.78 is 0. The molecule has 0 spiro atoms. The number of piperidine rings is 1. The van der Waals surface area contributed by atoms with E-state index in [2.05, 4.69) is 41.4 Å². The van der Waals surface area contributed by atoms with E-state index in [0.29, 0.717) is 0 Å². The van der Waals surface area contributed by atoms with Gasteiger partial charge in [0.2, 0.25) is 0 Å². The van der Waals surface area contributed by atoms with E-state index in [0.717, 1.165) is 31.5 Å². The minimum absolute atomic E-state index is 0. The average molecular weight is 368 g/mol. The zero-order valence-electron chi connectivity index (χ0n) is 12.0. The summed E-state index contributed by atoms with van der Waals surface area (Å²) in [7, 11) is 2.21. The van der Waals surface area contributed by atoms with Crippen molar-refractivity contribution >= 4 is 29.9 Å². The van der Waals surface area contributed by atoms with Crippen molar-refractivity contribution in [1.82, 2.24) is 15.5 Å². The molecule has 0 bridgehead atoms. The second-order valence-corrected chi connectivity index (χ2v) is 4.83. The van der Waals surface area contributed by atoms with Gasteiger partial charge in [-0.3, -0.25) is 4.99 Å². The molecule has 0 aliphatic carbocycles. The summed E-state index contributed by atoms with van der Waals surface area (Å²) in [6.45, 7) is 9.51. The lowest BCUT2D eigenvalue weighted by Gasteiger charge is -2.28. The van der Waals surface area contributed by atoms with Gasteiger partial charge >= 0.3 is 0 Å². The summed E-state index contributed by atoms with van der Waals surface area (Å²) in [5.41, 5.74) is 0. The Morgan fingerprint density at radius 1 is 1.17 bits per heavy atom. The highest BCUT2D eigenvalue weighted by Crippen LogP contribution is 2.19. The molecule has 0 atom stereocenters. The quantitative estimate of drug-likeness (QED) is 0.443. The maximum absolute atomic E-state index is 4.60. The van der Waals surface area contributed by atoms with Crippen LogP contribution in [0.2, 0.25) is 0 Å². The highest BCUT2D eigenvalue weighted by atomic mass is 127. The fourth-order valence-electron chi connectivity index (χ4n) is 2.22. The Labute approximate surface area is 129 Å². The van der Waals surface area contributed by atoms with Gasteiger partial charge in [-0.25, -0.2) is 0 Å². The van der Waals surface area contributed by atoms with Crippen molar-refractivity contribution in [2.75, 3.05) is 39.8 Å². The van der Waals surface area contributed by atoms with Crippen LogP contribution in [0.4, 0.5) is 0 Å². The number of hydrogen-bond donors (Lipinski definition) is 2. The number of likely N-dealkylation sites (tertiary alicyclic amines) is 1. The first kappa shape index (κ1) is 18.0. The summed E-state index contributed by atoms with van der Waals surface area (Å²) in [5.74, 6) is 1.84. The Bertz CT molecular complexity index is 217. The lowest BCUT2D eigenvalue weighted by atomic mass is 9.94. The van der Waals surface area contributed by atoms with Crippen LogP contribution in [0.15, 0.2) is 4.99 Å². The molecule has 2 N–H and O–H groups in total. The average Bonchev–Trinajstić information content (AvgIpc) is 2.32. The van der Waals surface area contributed by atoms with Gasteiger partial charge in [0.15, 0.2) is 5.96 Å². The molecular formula is C13H29IN4. The first-order valence-corrected chi connectivity index (χ1v) is 6.97. The topological polar surface area (TPSA) is 39.7 Å². The van der Waals surface area contributed by atoms with Gasteiger partial charge < -0.3 is 15.5 Å². The number of nitrogens with zero attached hydrogens (tertiary/aromatic N) is 2. The molecule has 0 aromatic rings. The first-order chi connectivity index (χ1) is 8.26. The molecule has 0 unspecified atom stereocenters. The Hall–Kier alpha value is -0.0400. The Kier molecular flexibility index (Phi) is 10.8. The third-order valence-corrected chi connectivity index (χ3v) is 3.33. The summed E-state index contributed by atoms with van der Waals surface area (Å²) in [6.07, 6.45) is 3.90. The summed E-state index contributed by atoms with van der Waals surface area (Å²) in [6, 6.07) is 0. The van der Waals surface area contributed by atoms with Crippen molar-refractivity contribution < 1.29 is 0 Å². The third-order valence-electron chi connectivity index (χ3n) is 3.33. The number of rotatable bonds is 5. The monoisotopic (exact) mass is 368 g/mol. The molecular weight excluding hydrogens is 339 g/mol. The number of aliphatic imine (C=N–C) groups is 1. The molecule has 1 saturated heterocycles. The minimum atomic E-state index is 0. The standard InChI is InChI=1S/C13H28N4.HI/c1-4-14-13(15-5-2)16-9-6-12-7-10-17(3)11-8-12;/h12H,4-11H2,1-3H3,(H2,14,15,16);1H. The van der Waals surface area contributed by atoms with Gasteiger partial charge in [0.05, 0.1) is 0 Å². The van der Waals surface area contributed by atoms with Crippen LogP contribution in [-0.2, 0) is 0 Å². The zero-order valence-corrected chi connectivity index (χ0v) is 14.4. The maximum atomic E-state index is 4.60. The normalized spacial score (nSPS) is 16.8. The Morgan fingerprint density at radius 2 is 1.72 bits per heavy atom. The van der Waals surface area contributed by atoms with Crippen LogP contribution < -0.4 is 10.6 Å². The lowest BCUT2D eigenvalue weighted by Crippen LogP contribution is -2.37. The molecule has 1 fully saturated rings. The van der Waals surface area contributed by atoms with E-state index in [1.54, 1.807) is 0 Å². The second kappa shape index (κ2) is 10.8. The molecule has 1 rings (SSSR count). The summed E-state index contributed by atoms with van der Waals surface area (Å²) in [5, 5.41) is 6.52. The molecule has 0 saturated carbocycles. The van der Waals surface area contributed by atoms with E-state index in [1.165, 1.54) is 32.4 Å². The van der Waals surface area contributed by atoms with Crippen LogP contribution in [0.5, 0.6) is 0 Å². The second-order valence-electron chi connectivity index (χ2n) is 4.83. The van der Waals surface area contributed by atoms with Crippen molar-refractivity contribution in [1.29, 1.82) is 0 Å². The van der Waals surface area contributed by atoms with Crippen LogP contribution in [0, 0.1) is 5.92 Å². The van der Waals surface area contributed by atoms with Gasteiger partial charge in [0.25, 0.3) is 0 Å². The predicted octanol–water partition coefficient (Wildman–Crippen LogP) is 1.91. The summed E-state index contributed by atoms with van der Waals surface area (Å²) >= 11 is 0. The minimum Gasteiger partial charge on any atom is -0.357 e. The molecule has 108 valence electrons. The van der Waals surface area contributed by atoms with Crippen LogP contribution >= 0.6 is 24.0 Å². The number of halogens is 1. The molecule has 1 heterocycles. The lowest BCUT2D eigenvalue weighted by molar-refractivity contribution is 0.214. The largest absolute Gasteiger partial charge is 0.357 e. The van der Waals surface area contributed by atoms with Gasteiger partial charge in [-0.15, -0.1) is 24.0 Å². The zero-order chi connectivity index (χ0) is 12.5. The van der Waals surface area contributed by atoms with Gasteiger partial charge in [-0.2, -0.15) is 0 Å². The molecule has 1 aliphatic rings. The fourth-order valence-corrected chi connectivity index (χ4v) is 2.22. The fraction of sp³-hybridized carbons (Fsp3) is 0.923. The van der Waals surface area contributed by atoms with Gasteiger partial charge in [0.1, 0.15) is 0 Å². The molecule has 0 aromatic carbocycles. The first-order valence-electron chi connectivity index (χ1n) is 6.97. The van der Waals surface area contributed by atoms with E-state index >= 15 is 0 Å². The smallest absolute Gasteiger partial charge is 0.191 e. The molecule has 1 aliphatic heterocycles. The number of hydrogen-bond acceptors (Lipinski definition) is 2. The van der Waals surface area contributed by atoms with E-state index in [-0.39, 0.29) is 24.0 Å². The van der Waals surface area contributed by atoms with Crippen molar-refractivity contribution in [2.45, 2.75) is 33.1 Å². The Balaban J connectivity index is 0.00000289. The summed E-state index contributed by atoms with van der Waals surface area (Å²) in [4.78, 5) is 7.02. The third kappa shape index (κ3) is 7.41. The molecule has 0 radical (unpaired) electrons. The molecule has 0 amide bonds. The molecule has 5 heteroatoms.